The van der Waals surface area contributed by atoms with Gasteiger partial charge in [-0.25, -0.2) is 24.7 Å². The summed E-state index contributed by atoms with van der Waals surface area (Å²) in [6.45, 7) is 17.4. The zero-order chi connectivity index (χ0) is 54.4. The molecule has 2 aliphatic carbocycles. The van der Waals surface area contributed by atoms with E-state index >= 15 is 0 Å². The quantitative estimate of drug-likeness (QED) is 0.0743. The number of carboxylic acids is 1. The van der Waals surface area contributed by atoms with E-state index < -0.39 is 5.97 Å². The van der Waals surface area contributed by atoms with Crippen molar-refractivity contribution in [1.29, 1.82) is 0 Å². The summed E-state index contributed by atoms with van der Waals surface area (Å²) in [7, 11) is 0. The highest BCUT2D eigenvalue weighted by Crippen LogP contribution is 2.44. The van der Waals surface area contributed by atoms with Gasteiger partial charge in [0, 0.05) is 76.6 Å². The molecule has 0 radical (unpaired) electrons. The number of nitrogens with two attached hydrogens (primary N) is 3. The first-order valence-electron chi connectivity index (χ1n) is 25.8. The lowest BCUT2D eigenvalue weighted by molar-refractivity contribution is -0.118. The molecule has 1 amide bonds. The van der Waals surface area contributed by atoms with Crippen molar-refractivity contribution in [2.75, 3.05) is 36.4 Å². The van der Waals surface area contributed by atoms with Gasteiger partial charge in [0.1, 0.15) is 47.1 Å². The number of rotatable bonds is 9. The average Bonchev–Trinajstić information content (AvgIpc) is 4.25. The number of aromatic nitrogens is 6. The summed E-state index contributed by atoms with van der Waals surface area (Å²) in [5, 5.41) is 19.6. The van der Waals surface area contributed by atoms with E-state index in [4.69, 9.17) is 45.1 Å². The predicted molar refractivity (Wildman–Crippen MR) is 305 cm³/mol. The summed E-state index contributed by atoms with van der Waals surface area (Å²) in [5.74, 6) is 14.6. The molecular weight excluding hydrogens is 998 g/mol. The summed E-state index contributed by atoms with van der Waals surface area (Å²) >= 11 is 12.9. The number of halogens is 2. The van der Waals surface area contributed by atoms with Crippen LogP contribution in [0.25, 0.3) is 34.2 Å². The van der Waals surface area contributed by atoms with Crippen molar-refractivity contribution in [1.82, 2.24) is 34.4 Å². The molecule has 0 spiro atoms. The number of fused-ring (bicyclic) bond motifs is 4. The van der Waals surface area contributed by atoms with Crippen LogP contribution in [0, 0.1) is 49.4 Å². The largest absolute Gasteiger partial charge is 0.478 e. The predicted octanol–water partition coefficient (Wildman–Crippen LogP) is 9.83. The number of aromatic carboxylic acids is 1. The Morgan fingerprint density at radius 1 is 0.803 bits per heavy atom. The molecule has 5 heterocycles. The number of carbonyl (C=O) groups is 2. The third kappa shape index (κ3) is 11.5. The molecule has 3 aliphatic rings. The standard InChI is InChI=1S/C25H21Cl2NO3.C18H23N5O.C16H21N5/c1-5-28-19-11-21-16(9-14(19)4)22(15-8-12(2)13(3)10-20(15)31-21)23-17(26)6-7-18(27)24(23)25(29)30;1-3-13-6-7-15(9-13)23-10-14(5-4-8-20-12(2)24)16-17(19)21-11-22-18(16)23;1-2-11-5-6-13(8-11)21-9-12(4-3-7-17)14-15(18)19-10-20-16(14)21/h6-11,28H,3,5H2,1-2,4H3,(H,29,30);10-11,13,15H,3,6-9H2,1-2H3,(H,20,24)(H2,19,21,22);9-11,13H,2,5-8,17H2,1H3,(H2,18,19,20). The highest BCUT2D eigenvalue weighted by Gasteiger charge is 2.31. The van der Waals surface area contributed by atoms with Crippen LogP contribution >= 0.6 is 23.2 Å². The van der Waals surface area contributed by atoms with E-state index in [1.807, 2.05) is 51.2 Å². The van der Waals surface area contributed by atoms with Crippen molar-refractivity contribution in [3.05, 3.63) is 121 Å². The Labute approximate surface area is 453 Å². The Morgan fingerprint density at radius 2 is 1.38 bits per heavy atom. The lowest BCUT2D eigenvalue weighted by atomic mass is 9.88. The molecule has 4 aromatic heterocycles. The van der Waals surface area contributed by atoms with Gasteiger partial charge in [-0.05, 0) is 118 Å². The Morgan fingerprint density at radius 3 is 1.91 bits per heavy atom. The van der Waals surface area contributed by atoms with Crippen molar-refractivity contribution in [3.63, 3.8) is 0 Å². The minimum Gasteiger partial charge on any atom is -0.478 e. The van der Waals surface area contributed by atoms with Gasteiger partial charge >= 0.3 is 5.97 Å². The Bertz CT molecular complexity index is 3620. The van der Waals surface area contributed by atoms with Crippen molar-refractivity contribution >= 4 is 86.6 Å². The normalized spacial score (nSPS) is 17.1. The van der Waals surface area contributed by atoms with E-state index in [1.165, 1.54) is 70.6 Å². The highest BCUT2D eigenvalue weighted by molar-refractivity contribution is 6.37. The number of aryl methyl sites for hydroxylation is 2. The maximum absolute atomic E-state index is 12.2. The molecule has 0 saturated heterocycles. The molecule has 76 heavy (non-hydrogen) atoms. The third-order valence-corrected chi connectivity index (χ3v) is 15.3. The Kier molecular flexibility index (Phi) is 17.3. The zero-order valence-corrected chi connectivity index (χ0v) is 45.4. The second-order valence-corrected chi connectivity index (χ2v) is 20.4. The van der Waals surface area contributed by atoms with E-state index in [0.29, 0.717) is 64.5 Å². The second kappa shape index (κ2) is 24.0. The lowest BCUT2D eigenvalue weighted by Gasteiger charge is -2.25. The van der Waals surface area contributed by atoms with Crippen LogP contribution in [0.15, 0.2) is 61.4 Å². The maximum Gasteiger partial charge on any atom is 0.337 e. The number of nitrogens with one attached hydrogen (secondary N) is 2. The van der Waals surface area contributed by atoms with Crippen molar-refractivity contribution in [3.8, 4) is 35.2 Å². The van der Waals surface area contributed by atoms with Crippen LogP contribution in [0.3, 0.4) is 0 Å². The van der Waals surface area contributed by atoms with E-state index in [-0.39, 0.29) is 16.5 Å². The van der Waals surface area contributed by atoms with Crippen LogP contribution in [-0.4, -0.2) is 65.7 Å². The number of nitrogen functional groups attached to an aromatic ring is 2. The SMILES string of the molecule is C=c1cc2c(cc1C)=C(c1c(Cl)ccc(Cl)c1C(=O)O)c1cc(C)c(NCC)cc1O2.CCC1CCC(n2cc(C#CCN)c3c(N)ncnc32)C1.CCC1CCC(n2cc(C#CCNC(C)=O)c3c(N)ncnc32)C1. The minimum absolute atomic E-state index is 0.0345. The minimum atomic E-state index is -1.14. The van der Waals surface area contributed by atoms with E-state index in [2.05, 4.69) is 90.0 Å². The zero-order valence-electron chi connectivity index (χ0n) is 43.9. The Balaban J connectivity index is 0.000000154. The molecule has 15 nitrogen and oxygen atoms in total. The van der Waals surface area contributed by atoms with Gasteiger partial charge in [0.05, 0.1) is 45.6 Å². The molecule has 4 atom stereocenters. The summed E-state index contributed by atoms with van der Waals surface area (Å²) in [4.78, 5) is 40.2. The fourth-order valence-electron chi connectivity index (χ4n) is 10.7. The summed E-state index contributed by atoms with van der Waals surface area (Å²) < 4.78 is 10.7. The van der Waals surface area contributed by atoms with Crippen LogP contribution in [0.4, 0.5) is 17.3 Å². The first kappa shape index (κ1) is 54.7. The van der Waals surface area contributed by atoms with E-state index in [9.17, 15) is 14.7 Å². The number of ether oxygens (including phenoxy) is 1. The molecule has 17 heteroatoms. The molecule has 9 N–H and O–H groups in total. The fraction of sp³-hybridized carbons (Fsp3) is 0.356. The van der Waals surface area contributed by atoms with E-state index in [0.717, 1.165) is 90.8 Å². The Hall–Kier alpha value is -7.56. The third-order valence-electron chi connectivity index (χ3n) is 14.7. The number of amides is 1. The van der Waals surface area contributed by atoms with Gasteiger partial charge in [0.25, 0.3) is 0 Å². The number of carbonyl (C=O) groups excluding carboxylic acids is 1. The van der Waals surface area contributed by atoms with Gasteiger partial charge < -0.3 is 46.8 Å². The maximum atomic E-state index is 12.2. The molecule has 10 rings (SSSR count). The van der Waals surface area contributed by atoms with E-state index in [1.54, 1.807) is 6.07 Å². The monoisotopic (exact) mass is 1060 g/mol. The summed E-state index contributed by atoms with van der Waals surface area (Å²) in [5.41, 5.74) is 25.7. The molecule has 2 fully saturated rings. The van der Waals surface area contributed by atoms with Crippen LogP contribution < -0.4 is 43.0 Å². The molecule has 4 unspecified atom stereocenters. The van der Waals surface area contributed by atoms with Gasteiger partial charge in [0.15, 0.2) is 0 Å². The van der Waals surface area contributed by atoms with Gasteiger partial charge in [0.2, 0.25) is 5.91 Å². The smallest absolute Gasteiger partial charge is 0.337 e. The lowest BCUT2D eigenvalue weighted by Crippen LogP contribution is -2.23. The molecular formula is C59H65Cl2N11O4. The molecule has 3 aromatic carbocycles. The second-order valence-electron chi connectivity index (χ2n) is 19.5. The van der Waals surface area contributed by atoms with Crippen LogP contribution in [0.1, 0.15) is 135 Å². The fourth-order valence-corrected chi connectivity index (χ4v) is 11.1. The first-order valence-corrected chi connectivity index (χ1v) is 26.6. The van der Waals surface area contributed by atoms with Gasteiger partial charge in [-0.3, -0.25) is 4.79 Å². The van der Waals surface area contributed by atoms with Crippen molar-refractivity contribution in [2.45, 2.75) is 105 Å². The average molecular weight is 1060 g/mol. The topological polar surface area (TPSA) is 227 Å². The van der Waals surface area contributed by atoms with Crippen LogP contribution in [0.5, 0.6) is 11.5 Å². The molecule has 7 aromatic rings. The highest BCUT2D eigenvalue weighted by atomic mass is 35.5. The van der Waals surface area contributed by atoms with Crippen molar-refractivity contribution < 1.29 is 19.4 Å². The summed E-state index contributed by atoms with van der Waals surface area (Å²) in [6.07, 6.45) is 16.9. The number of hydrogen-bond acceptors (Lipinski definition) is 11. The molecule has 1 aliphatic heterocycles. The number of anilines is 3. The van der Waals surface area contributed by atoms with Gasteiger partial charge in [-0.15, -0.1) is 0 Å². The summed E-state index contributed by atoms with van der Waals surface area (Å²) in [6, 6.07) is 11.8. The van der Waals surface area contributed by atoms with Gasteiger partial charge in [-0.1, -0.05) is 80.2 Å². The number of nitrogens with zero attached hydrogens (tertiary/aromatic N) is 6. The van der Waals surface area contributed by atoms with Crippen molar-refractivity contribution in [2.24, 2.45) is 17.6 Å². The van der Waals surface area contributed by atoms with Crippen LogP contribution in [0.2, 0.25) is 10.0 Å². The first-order chi connectivity index (χ1) is 36.6. The van der Waals surface area contributed by atoms with Gasteiger partial charge in [-0.2, -0.15) is 0 Å². The number of hydrogen-bond donors (Lipinski definition) is 6. The molecule has 0 bridgehead atoms. The number of benzene rings is 3. The molecule has 394 valence electrons. The van der Waals surface area contributed by atoms with Crippen LogP contribution in [-0.2, 0) is 4.79 Å². The molecule has 2 saturated carbocycles. The number of carboxylic acid groups (broad SMARTS) is 1.